The third-order valence-corrected chi connectivity index (χ3v) is 4.33. The second kappa shape index (κ2) is 5.89. The number of morpholine rings is 1. The van der Waals surface area contributed by atoms with Crippen molar-refractivity contribution in [1.82, 2.24) is 9.47 Å². The Morgan fingerprint density at radius 1 is 1.38 bits per heavy atom. The third-order valence-electron chi connectivity index (χ3n) is 4.33. The van der Waals surface area contributed by atoms with Gasteiger partial charge < -0.3 is 18.9 Å². The van der Waals surface area contributed by atoms with E-state index in [0.29, 0.717) is 24.9 Å². The minimum Gasteiger partial charge on any atom is -0.467 e. The quantitative estimate of drug-likeness (QED) is 0.786. The number of amides is 1. The zero-order valence-corrected chi connectivity index (χ0v) is 12.2. The minimum absolute atomic E-state index is 0.120. The molecule has 6 nitrogen and oxygen atoms in total. The lowest BCUT2D eigenvalue weighted by Gasteiger charge is -2.35. The zero-order valence-electron chi connectivity index (χ0n) is 12.2. The van der Waals surface area contributed by atoms with Gasteiger partial charge in [0.05, 0.1) is 20.3 Å². The molecule has 2 heterocycles. The number of aromatic nitrogens is 1. The summed E-state index contributed by atoms with van der Waals surface area (Å²) in [5.74, 6) is -0.546. The molecular weight excluding hydrogens is 272 g/mol. The molecule has 1 saturated heterocycles. The van der Waals surface area contributed by atoms with Crippen LogP contribution in [0.4, 0.5) is 0 Å². The summed E-state index contributed by atoms with van der Waals surface area (Å²) in [5.41, 5.74) is 0.649. The molecule has 3 rings (SSSR count). The van der Waals surface area contributed by atoms with Gasteiger partial charge in [-0.1, -0.05) is 0 Å². The molecule has 0 N–H and O–H groups in total. The van der Waals surface area contributed by atoms with Crippen LogP contribution in [0.5, 0.6) is 0 Å². The van der Waals surface area contributed by atoms with Gasteiger partial charge in [0, 0.05) is 18.8 Å². The van der Waals surface area contributed by atoms with Gasteiger partial charge in [-0.2, -0.15) is 0 Å². The van der Waals surface area contributed by atoms with Crippen molar-refractivity contribution < 1.29 is 19.1 Å². The average molecular weight is 292 g/mol. The summed E-state index contributed by atoms with van der Waals surface area (Å²) in [6.45, 7) is 1.06. The monoisotopic (exact) mass is 292 g/mol. The predicted octanol–water partition coefficient (Wildman–Crippen LogP) is 1.23. The van der Waals surface area contributed by atoms with E-state index in [4.69, 9.17) is 9.47 Å². The van der Waals surface area contributed by atoms with Crippen molar-refractivity contribution in [2.24, 2.45) is 0 Å². The smallest absolute Gasteiger partial charge is 0.331 e. The van der Waals surface area contributed by atoms with Crippen LogP contribution >= 0.6 is 0 Å². The lowest BCUT2D eigenvalue weighted by atomic mass is 9.93. The van der Waals surface area contributed by atoms with Crippen molar-refractivity contribution in [3.63, 3.8) is 0 Å². The molecule has 0 radical (unpaired) electrons. The highest BCUT2D eigenvalue weighted by molar-refractivity contribution is 5.95. The maximum atomic E-state index is 12.8. The number of esters is 1. The molecule has 1 aromatic rings. The number of hydrogen-bond donors (Lipinski definition) is 0. The fourth-order valence-electron chi connectivity index (χ4n) is 2.88. The first-order chi connectivity index (χ1) is 10.2. The Balaban J connectivity index is 1.82. The summed E-state index contributed by atoms with van der Waals surface area (Å²) in [6.07, 6.45) is 5.38. The first-order valence-electron chi connectivity index (χ1n) is 7.35. The topological polar surface area (TPSA) is 60.8 Å². The van der Waals surface area contributed by atoms with Crippen LogP contribution in [0.1, 0.15) is 35.8 Å². The Morgan fingerprint density at radius 3 is 2.86 bits per heavy atom. The van der Waals surface area contributed by atoms with E-state index in [1.54, 1.807) is 4.90 Å². The SMILES string of the molecule is COC(=O)C1COCCN1C(=O)c1cccn1C1CCC1. The molecular formula is C15H20N2O4. The number of ether oxygens (including phenoxy) is 2. The fraction of sp³-hybridized carbons (Fsp3) is 0.600. The van der Waals surface area contributed by atoms with E-state index >= 15 is 0 Å². The van der Waals surface area contributed by atoms with Crippen LogP contribution < -0.4 is 0 Å². The van der Waals surface area contributed by atoms with Gasteiger partial charge in [-0.05, 0) is 31.4 Å². The van der Waals surface area contributed by atoms with Gasteiger partial charge in [0.15, 0.2) is 6.04 Å². The largest absolute Gasteiger partial charge is 0.467 e. The zero-order chi connectivity index (χ0) is 14.8. The van der Waals surface area contributed by atoms with E-state index in [1.165, 1.54) is 13.5 Å². The molecule has 2 fully saturated rings. The van der Waals surface area contributed by atoms with E-state index < -0.39 is 12.0 Å². The molecule has 1 aliphatic heterocycles. The lowest BCUT2D eigenvalue weighted by Crippen LogP contribution is -2.53. The number of hydrogen-bond acceptors (Lipinski definition) is 4. The summed E-state index contributed by atoms with van der Waals surface area (Å²) < 4.78 is 12.1. The Morgan fingerprint density at radius 2 is 2.19 bits per heavy atom. The second-order valence-corrected chi connectivity index (χ2v) is 5.50. The molecule has 1 unspecified atom stereocenters. The van der Waals surface area contributed by atoms with Crippen LogP contribution in [0.15, 0.2) is 18.3 Å². The Hall–Kier alpha value is -1.82. The normalized spacial score (nSPS) is 22.7. The van der Waals surface area contributed by atoms with Gasteiger partial charge in [-0.25, -0.2) is 4.79 Å². The molecule has 1 aromatic heterocycles. The van der Waals surface area contributed by atoms with E-state index in [2.05, 4.69) is 0 Å². The Bertz CT molecular complexity index is 536. The molecule has 21 heavy (non-hydrogen) atoms. The molecule has 2 aliphatic rings. The van der Waals surface area contributed by atoms with Crippen molar-refractivity contribution >= 4 is 11.9 Å². The predicted molar refractivity (Wildman–Crippen MR) is 75.0 cm³/mol. The van der Waals surface area contributed by atoms with Crippen LogP contribution in [0.2, 0.25) is 0 Å². The molecule has 6 heteroatoms. The number of carbonyl (C=O) groups excluding carboxylic acids is 2. The summed E-state index contributed by atoms with van der Waals surface area (Å²) in [4.78, 5) is 26.2. The highest BCUT2D eigenvalue weighted by Gasteiger charge is 2.35. The summed E-state index contributed by atoms with van der Waals surface area (Å²) in [6, 6.07) is 3.47. The van der Waals surface area contributed by atoms with Gasteiger partial charge >= 0.3 is 5.97 Å². The van der Waals surface area contributed by atoms with Gasteiger partial charge in [0.1, 0.15) is 5.69 Å². The fourth-order valence-corrected chi connectivity index (χ4v) is 2.88. The number of rotatable bonds is 3. The first-order valence-corrected chi connectivity index (χ1v) is 7.35. The molecule has 1 atom stereocenters. The van der Waals surface area contributed by atoms with E-state index in [1.807, 2.05) is 22.9 Å². The molecule has 1 saturated carbocycles. The van der Waals surface area contributed by atoms with Crippen LogP contribution in [-0.4, -0.2) is 54.3 Å². The maximum Gasteiger partial charge on any atom is 0.331 e. The first kappa shape index (κ1) is 14.1. The third kappa shape index (κ3) is 2.55. The molecule has 1 aliphatic carbocycles. The van der Waals surface area contributed by atoms with E-state index in [9.17, 15) is 9.59 Å². The molecule has 0 bridgehead atoms. The number of nitrogens with zero attached hydrogens (tertiary/aromatic N) is 2. The average Bonchev–Trinajstić information content (AvgIpc) is 2.93. The number of carbonyl (C=O) groups is 2. The van der Waals surface area contributed by atoms with Crippen LogP contribution in [0.3, 0.4) is 0 Å². The second-order valence-electron chi connectivity index (χ2n) is 5.50. The maximum absolute atomic E-state index is 12.8. The van der Waals surface area contributed by atoms with Crippen LogP contribution in [-0.2, 0) is 14.3 Å². The Labute approximate surface area is 123 Å². The molecule has 0 spiro atoms. The molecule has 114 valence electrons. The van der Waals surface area contributed by atoms with Crippen molar-refractivity contribution in [3.8, 4) is 0 Å². The summed E-state index contributed by atoms with van der Waals surface area (Å²) in [5, 5.41) is 0. The van der Waals surface area contributed by atoms with Crippen molar-refractivity contribution in [2.45, 2.75) is 31.3 Å². The minimum atomic E-state index is -0.652. The highest BCUT2D eigenvalue weighted by atomic mass is 16.5. The van der Waals surface area contributed by atoms with Gasteiger partial charge in [-0.15, -0.1) is 0 Å². The van der Waals surface area contributed by atoms with E-state index in [0.717, 1.165) is 12.8 Å². The van der Waals surface area contributed by atoms with Gasteiger partial charge in [0.2, 0.25) is 0 Å². The summed E-state index contributed by atoms with van der Waals surface area (Å²) in [7, 11) is 1.33. The number of methoxy groups -OCH3 is 1. The highest BCUT2D eigenvalue weighted by Crippen LogP contribution is 2.33. The van der Waals surface area contributed by atoms with Gasteiger partial charge in [-0.3, -0.25) is 4.79 Å². The molecule has 1 amide bonds. The lowest BCUT2D eigenvalue weighted by molar-refractivity contribution is -0.151. The Kier molecular flexibility index (Phi) is 3.96. The van der Waals surface area contributed by atoms with Gasteiger partial charge in [0.25, 0.3) is 5.91 Å². The summed E-state index contributed by atoms with van der Waals surface area (Å²) >= 11 is 0. The van der Waals surface area contributed by atoms with Crippen molar-refractivity contribution in [1.29, 1.82) is 0 Å². The van der Waals surface area contributed by atoms with E-state index in [-0.39, 0.29) is 12.5 Å². The standard InChI is InChI=1S/C15H20N2O4/c1-20-15(19)13-10-21-9-8-17(13)14(18)12-6-3-7-16(12)11-4-2-5-11/h3,6-7,11,13H,2,4-5,8-10H2,1H3. The van der Waals surface area contributed by atoms with Crippen molar-refractivity contribution in [3.05, 3.63) is 24.0 Å². The van der Waals surface area contributed by atoms with Crippen LogP contribution in [0, 0.1) is 0 Å². The van der Waals surface area contributed by atoms with Crippen LogP contribution in [0.25, 0.3) is 0 Å². The van der Waals surface area contributed by atoms with Crippen molar-refractivity contribution in [2.75, 3.05) is 26.9 Å². The molecule has 0 aromatic carbocycles.